The van der Waals surface area contributed by atoms with Gasteiger partial charge in [0.25, 0.3) is 0 Å². The van der Waals surface area contributed by atoms with Gasteiger partial charge in [0.1, 0.15) is 10.1 Å². The SMILES string of the molecule is Nc1cc(S(=O)(=O)[O-])c(N)c2c1C(=O)c1ccccc1C2=O. The summed E-state index contributed by atoms with van der Waals surface area (Å²) < 4.78 is 33.7. The number of rotatable bonds is 1. The molecule has 0 unspecified atom stereocenters. The fraction of sp³-hybridized carbons (Fsp3) is 0. The van der Waals surface area contributed by atoms with E-state index in [0.717, 1.165) is 6.07 Å². The molecule has 0 heterocycles. The summed E-state index contributed by atoms with van der Waals surface area (Å²) in [6, 6.07) is 6.85. The summed E-state index contributed by atoms with van der Waals surface area (Å²) in [5, 5.41) is 0. The van der Waals surface area contributed by atoms with Crippen molar-refractivity contribution in [2.24, 2.45) is 0 Å². The molecule has 8 heteroatoms. The number of carbonyl (C=O) groups excluding carboxylic acids is 2. The third-order valence-electron chi connectivity index (χ3n) is 3.50. The van der Waals surface area contributed by atoms with E-state index in [-0.39, 0.29) is 27.9 Å². The number of hydrogen-bond acceptors (Lipinski definition) is 7. The number of fused-ring (bicyclic) bond motifs is 2. The smallest absolute Gasteiger partial charge is 0.196 e. The third-order valence-corrected chi connectivity index (χ3v) is 4.38. The van der Waals surface area contributed by atoms with Gasteiger partial charge < -0.3 is 16.0 Å². The average molecular weight is 317 g/mol. The van der Waals surface area contributed by atoms with Gasteiger partial charge in [-0.15, -0.1) is 0 Å². The van der Waals surface area contributed by atoms with E-state index in [0.29, 0.717) is 0 Å². The van der Waals surface area contributed by atoms with Crippen LogP contribution in [0.15, 0.2) is 35.2 Å². The Hall–Kier alpha value is -2.71. The molecule has 22 heavy (non-hydrogen) atoms. The van der Waals surface area contributed by atoms with Crippen LogP contribution in [-0.4, -0.2) is 24.5 Å². The molecule has 1 aliphatic rings. The van der Waals surface area contributed by atoms with E-state index in [1.54, 1.807) is 12.1 Å². The van der Waals surface area contributed by atoms with E-state index >= 15 is 0 Å². The molecule has 2 aromatic rings. The molecule has 0 fully saturated rings. The molecular formula is C14H9N2O5S-. The van der Waals surface area contributed by atoms with Crippen molar-refractivity contribution in [3.63, 3.8) is 0 Å². The highest BCUT2D eigenvalue weighted by atomic mass is 32.2. The number of nitrogens with two attached hydrogens (primary N) is 2. The topological polar surface area (TPSA) is 143 Å². The van der Waals surface area contributed by atoms with Crippen molar-refractivity contribution >= 4 is 33.1 Å². The fourth-order valence-corrected chi connectivity index (χ4v) is 3.17. The van der Waals surface area contributed by atoms with Crippen molar-refractivity contribution in [3.8, 4) is 0 Å². The maximum Gasteiger partial charge on any atom is 0.196 e. The summed E-state index contributed by atoms with van der Waals surface area (Å²) in [4.78, 5) is 24.2. The highest BCUT2D eigenvalue weighted by molar-refractivity contribution is 7.86. The van der Waals surface area contributed by atoms with Gasteiger partial charge in [-0.3, -0.25) is 9.59 Å². The Balaban J connectivity index is 2.44. The van der Waals surface area contributed by atoms with Crippen molar-refractivity contribution in [1.29, 1.82) is 0 Å². The predicted octanol–water partition coefficient (Wildman–Crippen LogP) is 0.530. The van der Waals surface area contributed by atoms with Crippen LogP contribution in [0.3, 0.4) is 0 Å². The normalized spacial score (nSPS) is 13.7. The Morgan fingerprint density at radius 3 is 1.91 bits per heavy atom. The van der Waals surface area contributed by atoms with Gasteiger partial charge >= 0.3 is 0 Å². The molecule has 3 rings (SSSR count). The molecule has 0 aliphatic heterocycles. The number of nitrogen functional groups attached to an aromatic ring is 2. The van der Waals surface area contributed by atoms with Gasteiger partial charge in [0, 0.05) is 16.8 Å². The van der Waals surface area contributed by atoms with Crippen LogP contribution in [0.4, 0.5) is 11.4 Å². The molecule has 1 aliphatic carbocycles. The van der Waals surface area contributed by atoms with Crippen LogP contribution in [0.1, 0.15) is 31.8 Å². The van der Waals surface area contributed by atoms with E-state index < -0.39 is 32.3 Å². The standard InChI is InChI=1S/C14H10N2O5S/c15-8-5-9(22(19,20)21)12(16)11-10(8)13(17)6-3-1-2-4-7(6)14(11)18/h1-5H,15-16H2,(H,19,20,21)/p-1. The van der Waals surface area contributed by atoms with Crippen LogP contribution < -0.4 is 11.5 Å². The van der Waals surface area contributed by atoms with E-state index in [1.165, 1.54) is 12.1 Å². The van der Waals surface area contributed by atoms with Crippen molar-refractivity contribution in [3.05, 3.63) is 52.6 Å². The molecule has 0 atom stereocenters. The van der Waals surface area contributed by atoms with Crippen molar-refractivity contribution in [1.82, 2.24) is 0 Å². The minimum Gasteiger partial charge on any atom is -0.744 e. The summed E-state index contributed by atoms with van der Waals surface area (Å²) in [5.41, 5.74) is 10.3. The maximum absolute atomic E-state index is 12.5. The molecule has 0 amide bonds. The summed E-state index contributed by atoms with van der Waals surface area (Å²) in [6.45, 7) is 0. The van der Waals surface area contributed by atoms with Crippen LogP contribution in [-0.2, 0) is 10.1 Å². The molecule has 0 bridgehead atoms. The van der Waals surface area contributed by atoms with Crippen molar-refractivity contribution < 1.29 is 22.6 Å². The zero-order valence-corrected chi connectivity index (χ0v) is 11.8. The molecule has 2 aromatic carbocycles. The maximum atomic E-state index is 12.5. The Labute approximate surface area is 125 Å². The zero-order chi connectivity index (χ0) is 16.2. The van der Waals surface area contributed by atoms with Crippen LogP contribution in [0, 0.1) is 0 Å². The lowest BCUT2D eigenvalue weighted by Gasteiger charge is -2.23. The molecule has 7 nitrogen and oxygen atoms in total. The lowest BCUT2D eigenvalue weighted by Crippen LogP contribution is -2.25. The lowest BCUT2D eigenvalue weighted by molar-refractivity contribution is 0.0980. The van der Waals surface area contributed by atoms with Gasteiger partial charge in [0.05, 0.1) is 21.7 Å². The Kier molecular flexibility index (Phi) is 2.84. The molecule has 0 aromatic heterocycles. The number of benzene rings is 2. The molecule has 0 saturated carbocycles. The van der Waals surface area contributed by atoms with Crippen LogP contribution >= 0.6 is 0 Å². The van der Waals surface area contributed by atoms with Gasteiger partial charge in [-0.25, -0.2) is 8.42 Å². The molecule has 0 spiro atoms. The third kappa shape index (κ3) is 1.81. The van der Waals surface area contributed by atoms with Crippen LogP contribution in [0.5, 0.6) is 0 Å². The van der Waals surface area contributed by atoms with Crippen molar-refractivity contribution in [2.45, 2.75) is 4.90 Å². The number of carbonyl (C=O) groups is 2. The van der Waals surface area contributed by atoms with Gasteiger partial charge in [0.15, 0.2) is 11.6 Å². The minimum absolute atomic E-state index is 0.0894. The van der Waals surface area contributed by atoms with E-state index in [2.05, 4.69) is 0 Å². The second-order valence-corrected chi connectivity index (χ2v) is 6.13. The van der Waals surface area contributed by atoms with Gasteiger partial charge in [0.2, 0.25) is 0 Å². The van der Waals surface area contributed by atoms with Crippen LogP contribution in [0.25, 0.3) is 0 Å². The molecular weight excluding hydrogens is 308 g/mol. The van der Waals surface area contributed by atoms with Gasteiger partial charge in [-0.2, -0.15) is 0 Å². The van der Waals surface area contributed by atoms with Gasteiger partial charge in [-0.05, 0) is 6.07 Å². The molecule has 4 N–H and O–H groups in total. The Morgan fingerprint density at radius 1 is 0.909 bits per heavy atom. The number of hydrogen-bond donors (Lipinski definition) is 2. The highest BCUT2D eigenvalue weighted by Crippen LogP contribution is 2.37. The Morgan fingerprint density at radius 2 is 1.41 bits per heavy atom. The largest absolute Gasteiger partial charge is 0.744 e. The number of anilines is 2. The summed E-state index contributed by atoms with van der Waals surface area (Å²) in [5.74, 6) is -1.18. The van der Waals surface area contributed by atoms with Crippen LogP contribution in [0.2, 0.25) is 0 Å². The lowest BCUT2D eigenvalue weighted by atomic mass is 9.82. The van der Waals surface area contributed by atoms with E-state index in [1.807, 2.05) is 0 Å². The van der Waals surface area contributed by atoms with E-state index in [4.69, 9.17) is 11.5 Å². The summed E-state index contributed by atoms with van der Waals surface area (Å²) in [6.07, 6.45) is 0. The molecule has 0 radical (unpaired) electrons. The predicted molar refractivity (Wildman–Crippen MR) is 76.5 cm³/mol. The highest BCUT2D eigenvalue weighted by Gasteiger charge is 2.34. The summed E-state index contributed by atoms with van der Waals surface area (Å²) >= 11 is 0. The summed E-state index contributed by atoms with van der Waals surface area (Å²) in [7, 11) is -4.93. The fourth-order valence-electron chi connectivity index (χ4n) is 2.53. The average Bonchev–Trinajstić information content (AvgIpc) is 2.45. The first-order chi connectivity index (χ1) is 10.2. The Bertz CT molecular complexity index is 963. The molecule has 0 saturated heterocycles. The number of ketones is 2. The first kappa shape index (κ1) is 14.2. The molecule has 112 valence electrons. The first-order valence-electron chi connectivity index (χ1n) is 6.09. The van der Waals surface area contributed by atoms with Gasteiger partial charge in [-0.1, -0.05) is 24.3 Å². The minimum atomic E-state index is -4.93. The second kappa shape index (κ2) is 4.39. The van der Waals surface area contributed by atoms with E-state index in [9.17, 15) is 22.6 Å². The quantitative estimate of drug-likeness (QED) is 0.492. The van der Waals surface area contributed by atoms with Crippen molar-refractivity contribution in [2.75, 3.05) is 11.5 Å². The first-order valence-corrected chi connectivity index (χ1v) is 7.50. The zero-order valence-electron chi connectivity index (χ0n) is 11.0. The monoisotopic (exact) mass is 317 g/mol. The second-order valence-electron chi connectivity index (χ2n) is 4.79.